The van der Waals surface area contributed by atoms with E-state index in [0.717, 1.165) is 12.8 Å². The average Bonchev–Trinajstić information content (AvgIpc) is 2.92. The van der Waals surface area contributed by atoms with Gasteiger partial charge >= 0.3 is 0 Å². The number of nitrogens with two attached hydrogens (primary N) is 1. The van der Waals surface area contributed by atoms with E-state index in [1.807, 2.05) is 0 Å². The molecule has 0 aliphatic rings. The van der Waals surface area contributed by atoms with Gasteiger partial charge in [0.05, 0.1) is 0 Å². The van der Waals surface area contributed by atoms with Crippen LogP contribution in [0.15, 0.2) is 41.1 Å². The maximum Gasteiger partial charge on any atom is 0.0466 e. The number of rotatable bonds is 5. The number of hydrogen-bond donors (Lipinski definition) is 2. The molecule has 108 valence electrons. The van der Waals surface area contributed by atoms with Crippen molar-refractivity contribution in [2.45, 2.75) is 45.1 Å². The average molecular weight is 288 g/mol. The number of nitrogens with one attached hydrogen (secondary N) is 1. The van der Waals surface area contributed by atoms with Crippen molar-refractivity contribution in [3.8, 4) is 0 Å². The molecule has 1 atom stereocenters. The standard InChI is InChI=1S/C17H24N2S/c1-17(2,3)15-7-5-4-6-14(15)16(19-18)9-8-13-10-11-20-12-13/h4-7,10-12,16,19H,8-9,18H2,1-3H3. The van der Waals surface area contributed by atoms with Gasteiger partial charge in [0.1, 0.15) is 0 Å². The van der Waals surface area contributed by atoms with Crippen LogP contribution in [0.25, 0.3) is 0 Å². The predicted octanol–water partition coefficient (Wildman–Crippen LogP) is 4.18. The van der Waals surface area contributed by atoms with Crippen LogP contribution in [0.4, 0.5) is 0 Å². The summed E-state index contributed by atoms with van der Waals surface area (Å²) in [5, 5.41) is 4.34. The zero-order valence-electron chi connectivity index (χ0n) is 12.5. The van der Waals surface area contributed by atoms with Crippen molar-refractivity contribution >= 4 is 11.3 Å². The van der Waals surface area contributed by atoms with Gasteiger partial charge < -0.3 is 0 Å². The third-order valence-corrected chi connectivity index (χ3v) is 4.38. The van der Waals surface area contributed by atoms with Gasteiger partial charge in [0.2, 0.25) is 0 Å². The van der Waals surface area contributed by atoms with Crippen molar-refractivity contribution in [2.75, 3.05) is 0 Å². The first-order chi connectivity index (χ1) is 9.52. The molecule has 0 saturated carbocycles. The summed E-state index contributed by atoms with van der Waals surface area (Å²) < 4.78 is 0. The lowest BCUT2D eigenvalue weighted by atomic mass is 9.81. The number of benzene rings is 1. The molecule has 1 unspecified atom stereocenters. The minimum absolute atomic E-state index is 0.133. The summed E-state index contributed by atoms with van der Waals surface area (Å²) >= 11 is 1.75. The molecule has 20 heavy (non-hydrogen) atoms. The third kappa shape index (κ3) is 3.69. The van der Waals surface area contributed by atoms with Gasteiger partial charge in [0.25, 0.3) is 0 Å². The van der Waals surface area contributed by atoms with Crippen LogP contribution in [-0.4, -0.2) is 0 Å². The molecule has 0 amide bonds. The summed E-state index contributed by atoms with van der Waals surface area (Å²) in [4.78, 5) is 0. The van der Waals surface area contributed by atoms with E-state index in [-0.39, 0.29) is 11.5 Å². The second-order valence-electron chi connectivity index (χ2n) is 6.23. The van der Waals surface area contributed by atoms with E-state index in [9.17, 15) is 0 Å². The Kier molecular flexibility index (Phi) is 4.97. The van der Waals surface area contributed by atoms with Crippen molar-refractivity contribution in [1.82, 2.24) is 5.43 Å². The molecule has 2 nitrogen and oxygen atoms in total. The van der Waals surface area contributed by atoms with Crippen molar-refractivity contribution in [3.05, 3.63) is 57.8 Å². The summed E-state index contributed by atoms with van der Waals surface area (Å²) in [6.45, 7) is 6.74. The lowest BCUT2D eigenvalue weighted by Crippen LogP contribution is -2.30. The molecular weight excluding hydrogens is 264 g/mol. The highest BCUT2D eigenvalue weighted by Gasteiger charge is 2.21. The highest BCUT2D eigenvalue weighted by atomic mass is 32.1. The van der Waals surface area contributed by atoms with Gasteiger partial charge in [-0.3, -0.25) is 11.3 Å². The van der Waals surface area contributed by atoms with E-state index < -0.39 is 0 Å². The normalized spacial score (nSPS) is 13.4. The van der Waals surface area contributed by atoms with E-state index in [1.54, 1.807) is 11.3 Å². The Morgan fingerprint density at radius 1 is 1.20 bits per heavy atom. The van der Waals surface area contributed by atoms with E-state index in [4.69, 9.17) is 5.84 Å². The van der Waals surface area contributed by atoms with Crippen LogP contribution >= 0.6 is 11.3 Å². The van der Waals surface area contributed by atoms with Crippen molar-refractivity contribution < 1.29 is 0 Å². The fourth-order valence-electron chi connectivity index (χ4n) is 2.56. The molecule has 3 heteroatoms. The first-order valence-corrected chi connectivity index (χ1v) is 8.03. The van der Waals surface area contributed by atoms with Crippen LogP contribution in [0.2, 0.25) is 0 Å². The zero-order chi connectivity index (χ0) is 14.6. The highest BCUT2D eigenvalue weighted by Crippen LogP contribution is 2.31. The highest BCUT2D eigenvalue weighted by molar-refractivity contribution is 7.07. The molecule has 0 aliphatic heterocycles. The first kappa shape index (κ1) is 15.2. The molecule has 0 bridgehead atoms. The van der Waals surface area contributed by atoms with Gasteiger partial charge in [-0.15, -0.1) is 0 Å². The van der Waals surface area contributed by atoms with Crippen molar-refractivity contribution in [2.24, 2.45) is 5.84 Å². The summed E-state index contributed by atoms with van der Waals surface area (Å²) in [6, 6.07) is 11.0. The number of hydrogen-bond acceptors (Lipinski definition) is 3. The summed E-state index contributed by atoms with van der Waals surface area (Å²) in [6.07, 6.45) is 2.07. The van der Waals surface area contributed by atoms with Crippen molar-refractivity contribution in [1.29, 1.82) is 0 Å². The quantitative estimate of drug-likeness (QED) is 0.640. The van der Waals surface area contributed by atoms with E-state index >= 15 is 0 Å². The minimum atomic E-state index is 0.133. The minimum Gasteiger partial charge on any atom is -0.271 e. The second-order valence-corrected chi connectivity index (χ2v) is 7.01. The van der Waals surface area contributed by atoms with Gasteiger partial charge in [-0.05, 0) is 51.8 Å². The largest absolute Gasteiger partial charge is 0.271 e. The van der Waals surface area contributed by atoms with E-state index in [2.05, 4.69) is 67.3 Å². The molecule has 1 aromatic heterocycles. The predicted molar refractivity (Wildman–Crippen MR) is 87.8 cm³/mol. The van der Waals surface area contributed by atoms with Crippen LogP contribution < -0.4 is 11.3 Å². The van der Waals surface area contributed by atoms with Gasteiger partial charge in [-0.2, -0.15) is 11.3 Å². The maximum atomic E-state index is 5.81. The molecule has 0 spiro atoms. The lowest BCUT2D eigenvalue weighted by Gasteiger charge is -2.27. The zero-order valence-corrected chi connectivity index (χ0v) is 13.3. The Morgan fingerprint density at radius 2 is 1.95 bits per heavy atom. The topological polar surface area (TPSA) is 38.0 Å². The molecular formula is C17H24N2S. The number of aryl methyl sites for hydroxylation is 1. The first-order valence-electron chi connectivity index (χ1n) is 7.09. The summed E-state index contributed by atoms with van der Waals surface area (Å²) in [5.41, 5.74) is 7.21. The van der Waals surface area contributed by atoms with Crippen LogP contribution in [0.1, 0.15) is 49.9 Å². The molecule has 3 N–H and O–H groups in total. The Balaban J connectivity index is 2.19. The fraction of sp³-hybridized carbons (Fsp3) is 0.412. The third-order valence-electron chi connectivity index (χ3n) is 3.65. The van der Waals surface area contributed by atoms with E-state index in [1.165, 1.54) is 16.7 Å². The molecule has 2 aromatic rings. The van der Waals surface area contributed by atoms with E-state index in [0.29, 0.717) is 0 Å². The smallest absolute Gasteiger partial charge is 0.0466 e. The fourth-order valence-corrected chi connectivity index (χ4v) is 3.26. The van der Waals surface area contributed by atoms with Crippen molar-refractivity contribution in [3.63, 3.8) is 0 Å². The monoisotopic (exact) mass is 288 g/mol. The molecule has 0 radical (unpaired) electrons. The van der Waals surface area contributed by atoms with Gasteiger partial charge in [0, 0.05) is 6.04 Å². The number of thiophene rings is 1. The number of hydrazine groups is 1. The molecule has 1 aromatic carbocycles. The molecule has 2 rings (SSSR count). The Labute approximate surface area is 126 Å². The Bertz CT molecular complexity index is 526. The molecule has 1 heterocycles. The van der Waals surface area contributed by atoms with Crippen LogP contribution in [-0.2, 0) is 11.8 Å². The van der Waals surface area contributed by atoms with Gasteiger partial charge in [0.15, 0.2) is 0 Å². The van der Waals surface area contributed by atoms with Crippen LogP contribution in [0.3, 0.4) is 0 Å². The molecule has 0 aliphatic carbocycles. The van der Waals surface area contributed by atoms with Gasteiger partial charge in [-0.1, -0.05) is 45.0 Å². The van der Waals surface area contributed by atoms with Gasteiger partial charge in [-0.25, -0.2) is 0 Å². The summed E-state index contributed by atoms with van der Waals surface area (Å²) in [7, 11) is 0. The Morgan fingerprint density at radius 3 is 2.55 bits per heavy atom. The second kappa shape index (κ2) is 6.53. The SMILES string of the molecule is CC(C)(C)c1ccccc1C(CCc1ccsc1)NN. The maximum absolute atomic E-state index is 5.81. The molecule has 0 fully saturated rings. The molecule has 0 saturated heterocycles. The Hall–Kier alpha value is -1.16. The lowest BCUT2D eigenvalue weighted by molar-refractivity contribution is 0.494. The summed E-state index contributed by atoms with van der Waals surface area (Å²) in [5.74, 6) is 5.81. The van der Waals surface area contributed by atoms with Crippen LogP contribution in [0.5, 0.6) is 0 Å². The van der Waals surface area contributed by atoms with Crippen LogP contribution in [0, 0.1) is 0 Å².